The fraction of sp³-hybridized carbons (Fsp3) is 0.692. The van der Waals surface area contributed by atoms with Crippen LogP contribution in [0.2, 0.25) is 0 Å². The highest BCUT2D eigenvalue weighted by atomic mass is 16.5. The number of rotatable bonds is 5. The van der Waals surface area contributed by atoms with Crippen LogP contribution in [0, 0.1) is 17.3 Å². The van der Waals surface area contributed by atoms with Gasteiger partial charge in [0, 0.05) is 0 Å². The number of hydrogen-bond acceptors (Lipinski definition) is 1. The van der Waals surface area contributed by atoms with Crippen molar-refractivity contribution < 1.29 is 4.74 Å². The van der Waals surface area contributed by atoms with E-state index in [9.17, 15) is 0 Å². The Kier molecular flexibility index (Phi) is 3.54. The van der Waals surface area contributed by atoms with E-state index in [0.29, 0.717) is 23.9 Å². The van der Waals surface area contributed by atoms with E-state index in [1.807, 2.05) is 6.08 Å². The van der Waals surface area contributed by atoms with E-state index in [1.54, 1.807) is 0 Å². The third-order valence-electron chi connectivity index (χ3n) is 3.19. The van der Waals surface area contributed by atoms with Crippen LogP contribution in [-0.2, 0) is 4.74 Å². The van der Waals surface area contributed by atoms with Crippen molar-refractivity contribution in [1.82, 2.24) is 0 Å². The third kappa shape index (κ3) is 2.48. The lowest BCUT2D eigenvalue weighted by atomic mass is 10.1. The SMILES string of the molecule is C=CCOCC1C(C=C(C)C)C1(C)C. The monoisotopic (exact) mass is 194 g/mol. The molecule has 0 aromatic heterocycles. The highest BCUT2D eigenvalue weighted by Crippen LogP contribution is 2.59. The van der Waals surface area contributed by atoms with Gasteiger partial charge in [-0.15, -0.1) is 6.58 Å². The second-order valence-electron chi connectivity index (χ2n) is 5.02. The molecule has 0 heterocycles. The Bertz CT molecular complexity index is 234. The van der Waals surface area contributed by atoms with Crippen LogP contribution in [0.4, 0.5) is 0 Å². The first kappa shape index (κ1) is 11.5. The standard InChI is InChI=1S/C13H22O/c1-6-7-14-9-12-11(8-10(2)3)13(12,4)5/h6,8,11-12H,1,7,9H2,2-5H3. The van der Waals surface area contributed by atoms with Crippen LogP contribution < -0.4 is 0 Å². The van der Waals surface area contributed by atoms with Crippen molar-refractivity contribution in [2.75, 3.05) is 13.2 Å². The molecule has 0 aromatic rings. The highest BCUT2D eigenvalue weighted by Gasteiger charge is 2.55. The predicted octanol–water partition coefficient (Wildman–Crippen LogP) is 3.43. The molecule has 14 heavy (non-hydrogen) atoms. The number of allylic oxidation sites excluding steroid dienone is 2. The molecular weight excluding hydrogens is 172 g/mol. The lowest BCUT2D eigenvalue weighted by Gasteiger charge is -2.01. The molecule has 0 radical (unpaired) electrons. The predicted molar refractivity (Wildman–Crippen MR) is 61.2 cm³/mol. The summed E-state index contributed by atoms with van der Waals surface area (Å²) in [5, 5.41) is 0. The van der Waals surface area contributed by atoms with Gasteiger partial charge in [-0.2, -0.15) is 0 Å². The van der Waals surface area contributed by atoms with Gasteiger partial charge in [0.25, 0.3) is 0 Å². The van der Waals surface area contributed by atoms with E-state index in [4.69, 9.17) is 4.74 Å². The maximum absolute atomic E-state index is 5.51. The Morgan fingerprint density at radius 3 is 2.57 bits per heavy atom. The molecule has 0 spiro atoms. The summed E-state index contributed by atoms with van der Waals surface area (Å²) in [4.78, 5) is 0. The van der Waals surface area contributed by atoms with Gasteiger partial charge in [0.05, 0.1) is 13.2 Å². The van der Waals surface area contributed by atoms with Gasteiger partial charge < -0.3 is 4.74 Å². The maximum atomic E-state index is 5.51. The lowest BCUT2D eigenvalue weighted by Crippen LogP contribution is -2.00. The van der Waals surface area contributed by atoms with Crippen LogP contribution in [0.3, 0.4) is 0 Å². The van der Waals surface area contributed by atoms with Crippen LogP contribution >= 0.6 is 0 Å². The van der Waals surface area contributed by atoms with E-state index in [2.05, 4.69) is 40.3 Å². The fourth-order valence-electron chi connectivity index (χ4n) is 2.07. The summed E-state index contributed by atoms with van der Waals surface area (Å²) < 4.78 is 5.51. The Balaban J connectivity index is 2.41. The van der Waals surface area contributed by atoms with Crippen molar-refractivity contribution in [3.05, 3.63) is 24.3 Å². The normalized spacial score (nSPS) is 28.3. The van der Waals surface area contributed by atoms with E-state index in [1.165, 1.54) is 5.57 Å². The van der Waals surface area contributed by atoms with Crippen LogP contribution in [0.5, 0.6) is 0 Å². The molecule has 80 valence electrons. The van der Waals surface area contributed by atoms with Crippen LogP contribution in [0.1, 0.15) is 27.7 Å². The fourth-order valence-corrected chi connectivity index (χ4v) is 2.07. The summed E-state index contributed by atoms with van der Waals surface area (Å²) >= 11 is 0. The van der Waals surface area contributed by atoms with Gasteiger partial charge in [0.15, 0.2) is 0 Å². The molecule has 0 amide bonds. The summed E-state index contributed by atoms with van der Waals surface area (Å²) in [5.41, 5.74) is 1.84. The lowest BCUT2D eigenvalue weighted by molar-refractivity contribution is 0.141. The van der Waals surface area contributed by atoms with Crippen molar-refractivity contribution in [2.24, 2.45) is 17.3 Å². The van der Waals surface area contributed by atoms with Gasteiger partial charge in [0.2, 0.25) is 0 Å². The molecular formula is C13H22O. The first-order valence-corrected chi connectivity index (χ1v) is 5.33. The molecule has 1 aliphatic rings. The molecule has 1 rings (SSSR count). The smallest absolute Gasteiger partial charge is 0.0644 e. The van der Waals surface area contributed by atoms with Crippen LogP contribution in [-0.4, -0.2) is 13.2 Å². The van der Waals surface area contributed by atoms with E-state index < -0.39 is 0 Å². The molecule has 2 atom stereocenters. The summed E-state index contributed by atoms with van der Waals surface area (Å²) in [6.45, 7) is 14.2. The summed E-state index contributed by atoms with van der Waals surface area (Å²) in [6, 6.07) is 0. The Hall–Kier alpha value is -0.560. The molecule has 0 aliphatic heterocycles. The zero-order valence-electron chi connectivity index (χ0n) is 9.84. The second kappa shape index (κ2) is 4.31. The third-order valence-corrected chi connectivity index (χ3v) is 3.19. The Morgan fingerprint density at radius 1 is 1.43 bits per heavy atom. The molecule has 0 bridgehead atoms. The Labute approximate surface area is 87.8 Å². The quantitative estimate of drug-likeness (QED) is 0.481. The van der Waals surface area contributed by atoms with E-state index in [-0.39, 0.29) is 0 Å². The Morgan fingerprint density at radius 2 is 2.07 bits per heavy atom. The highest BCUT2D eigenvalue weighted by molar-refractivity contribution is 5.16. The van der Waals surface area contributed by atoms with Crippen molar-refractivity contribution in [3.63, 3.8) is 0 Å². The van der Waals surface area contributed by atoms with Crippen molar-refractivity contribution in [1.29, 1.82) is 0 Å². The average Bonchev–Trinajstić information content (AvgIpc) is 2.55. The minimum Gasteiger partial charge on any atom is -0.377 e. The largest absolute Gasteiger partial charge is 0.377 e. The van der Waals surface area contributed by atoms with E-state index >= 15 is 0 Å². The number of ether oxygens (including phenoxy) is 1. The topological polar surface area (TPSA) is 9.23 Å². The van der Waals surface area contributed by atoms with Crippen molar-refractivity contribution >= 4 is 0 Å². The maximum Gasteiger partial charge on any atom is 0.0644 e. The van der Waals surface area contributed by atoms with Gasteiger partial charge in [-0.05, 0) is 31.1 Å². The van der Waals surface area contributed by atoms with Gasteiger partial charge in [-0.3, -0.25) is 0 Å². The van der Waals surface area contributed by atoms with Gasteiger partial charge in [-0.1, -0.05) is 31.6 Å². The molecule has 0 saturated heterocycles. The zero-order chi connectivity index (χ0) is 10.8. The molecule has 1 nitrogen and oxygen atoms in total. The first-order valence-electron chi connectivity index (χ1n) is 5.33. The van der Waals surface area contributed by atoms with Crippen LogP contribution in [0.15, 0.2) is 24.3 Å². The van der Waals surface area contributed by atoms with Gasteiger partial charge in [0.1, 0.15) is 0 Å². The van der Waals surface area contributed by atoms with E-state index in [0.717, 1.165) is 6.61 Å². The molecule has 0 N–H and O–H groups in total. The van der Waals surface area contributed by atoms with Crippen molar-refractivity contribution in [2.45, 2.75) is 27.7 Å². The van der Waals surface area contributed by atoms with Crippen molar-refractivity contribution in [3.8, 4) is 0 Å². The minimum absolute atomic E-state index is 0.429. The number of hydrogen-bond donors (Lipinski definition) is 0. The van der Waals surface area contributed by atoms with Crippen LogP contribution in [0.25, 0.3) is 0 Å². The first-order chi connectivity index (χ1) is 6.50. The summed E-state index contributed by atoms with van der Waals surface area (Å²) in [6.07, 6.45) is 4.19. The molecule has 1 heteroatoms. The summed E-state index contributed by atoms with van der Waals surface area (Å²) in [7, 11) is 0. The second-order valence-corrected chi connectivity index (χ2v) is 5.02. The molecule has 1 fully saturated rings. The average molecular weight is 194 g/mol. The zero-order valence-corrected chi connectivity index (χ0v) is 9.84. The van der Waals surface area contributed by atoms with Gasteiger partial charge in [-0.25, -0.2) is 0 Å². The summed E-state index contributed by atoms with van der Waals surface area (Å²) in [5.74, 6) is 1.40. The van der Waals surface area contributed by atoms with Gasteiger partial charge >= 0.3 is 0 Å². The minimum atomic E-state index is 0.429. The molecule has 0 aromatic carbocycles. The molecule has 2 unspecified atom stereocenters. The molecule has 1 saturated carbocycles. The molecule has 1 aliphatic carbocycles.